The van der Waals surface area contributed by atoms with E-state index in [0.29, 0.717) is 0 Å². The molecule has 1 amide bonds. The van der Waals surface area contributed by atoms with Gasteiger partial charge in [0.1, 0.15) is 0 Å². The number of thioether (sulfide) groups is 1. The highest BCUT2D eigenvalue weighted by Gasteiger charge is 2.25. The average molecular weight is 412 g/mol. The van der Waals surface area contributed by atoms with Gasteiger partial charge in [0.2, 0.25) is 0 Å². The van der Waals surface area contributed by atoms with Gasteiger partial charge in [0, 0.05) is 31.1 Å². The molecule has 28 heavy (non-hydrogen) atoms. The molecule has 2 aromatic carbocycles. The van der Waals surface area contributed by atoms with Gasteiger partial charge < -0.3 is 9.80 Å². The Balaban J connectivity index is 1.48. The molecule has 6 heteroatoms. The Kier molecular flexibility index (Phi) is 5.60. The number of hydrogen-bond acceptors (Lipinski definition) is 5. The highest BCUT2D eigenvalue weighted by atomic mass is 32.2. The van der Waals surface area contributed by atoms with Crippen molar-refractivity contribution in [2.75, 3.05) is 36.8 Å². The topological polar surface area (TPSA) is 36.4 Å². The third-order valence-electron chi connectivity index (χ3n) is 5.07. The molecule has 4 nitrogen and oxygen atoms in total. The normalized spacial score (nSPS) is 14.7. The summed E-state index contributed by atoms with van der Waals surface area (Å²) in [5, 5.41) is 1.07. The van der Waals surface area contributed by atoms with Crippen LogP contribution in [0.1, 0.15) is 28.4 Å². The summed E-state index contributed by atoms with van der Waals surface area (Å²) in [5.41, 5.74) is 4.44. The summed E-state index contributed by atoms with van der Waals surface area (Å²) in [6.07, 6.45) is 0. The Hall–Kier alpha value is -2.05. The van der Waals surface area contributed by atoms with Crippen molar-refractivity contribution >= 4 is 44.4 Å². The number of rotatable bonds is 4. The van der Waals surface area contributed by atoms with E-state index in [4.69, 9.17) is 4.98 Å². The number of carbonyl (C=O) groups excluding carboxylic acids is 1. The molecular weight excluding hydrogens is 386 g/mol. The van der Waals surface area contributed by atoms with E-state index < -0.39 is 0 Å². The van der Waals surface area contributed by atoms with Crippen LogP contribution in [0.5, 0.6) is 0 Å². The zero-order valence-corrected chi connectivity index (χ0v) is 18.2. The lowest BCUT2D eigenvalue weighted by molar-refractivity contribution is 0.0743. The Labute approximate surface area is 174 Å². The number of amides is 1. The smallest absolute Gasteiger partial charge is 0.255 e. The number of aryl methyl sites for hydroxylation is 2. The highest BCUT2D eigenvalue weighted by Crippen LogP contribution is 2.32. The molecule has 1 saturated heterocycles. The summed E-state index contributed by atoms with van der Waals surface area (Å²) in [4.78, 5) is 23.3. The van der Waals surface area contributed by atoms with E-state index in [1.807, 2.05) is 29.2 Å². The monoisotopic (exact) mass is 411 g/mol. The fraction of sp³-hybridized carbons (Fsp3) is 0.364. The van der Waals surface area contributed by atoms with Gasteiger partial charge in [0.15, 0.2) is 5.13 Å². The predicted octanol–water partition coefficient (Wildman–Crippen LogP) is 4.99. The van der Waals surface area contributed by atoms with Gasteiger partial charge >= 0.3 is 0 Å². The summed E-state index contributed by atoms with van der Waals surface area (Å²) in [6.45, 7) is 9.49. The minimum absolute atomic E-state index is 0.145. The van der Waals surface area contributed by atoms with E-state index in [1.54, 1.807) is 23.1 Å². The first-order valence-electron chi connectivity index (χ1n) is 9.70. The first-order chi connectivity index (χ1) is 13.6. The molecule has 0 atom stereocenters. The van der Waals surface area contributed by atoms with Crippen molar-refractivity contribution in [1.82, 2.24) is 9.88 Å². The third kappa shape index (κ3) is 3.76. The van der Waals surface area contributed by atoms with Crippen LogP contribution in [0.15, 0.2) is 41.3 Å². The molecule has 0 aliphatic carbocycles. The SMILES string of the molecule is CCSc1ccccc1C(=O)N1CCN(c2nc3c(C)cc(C)cc3s2)CC1. The summed E-state index contributed by atoms with van der Waals surface area (Å²) in [7, 11) is 0. The minimum Gasteiger partial charge on any atom is -0.345 e. The number of nitrogens with zero attached hydrogens (tertiary/aromatic N) is 3. The maximum absolute atomic E-state index is 13.0. The molecule has 0 radical (unpaired) electrons. The van der Waals surface area contributed by atoms with Crippen molar-refractivity contribution < 1.29 is 4.79 Å². The van der Waals surface area contributed by atoms with Crippen LogP contribution < -0.4 is 4.90 Å². The zero-order valence-electron chi connectivity index (χ0n) is 16.6. The molecule has 1 aromatic heterocycles. The molecule has 1 fully saturated rings. The van der Waals surface area contributed by atoms with Gasteiger partial charge in [-0.15, -0.1) is 11.8 Å². The maximum Gasteiger partial charge on any atom is 0.255 e. The van der Waals surface area contributed by atoms with E-state index in [1.165, 1.54) is 15.8 Å². The van der Waals surface area contributed by atoms with Crippen molar-refractivity contribution in [3.8, 4) is 0 Å². The van der Waals surface area contributed by atoms with Gasteiger partial charge in [-0.1, -0.05) is 36.5 Å². The lowest BCUT2D eigenvalue weighted by Crippen LogP contribution is -2.48. The number of thiazole rings is 1. The molecule has 3 aromatic rings. The summed E-state index contributed by atoms with van der Waals surface area (Å²) >= 11 is 3.49. The number of anilines is 1. The van der Waals surface area contributed by atoms with E-state index in [2.05, 4.69) is 37.8 Å². The van der Waals surface area contributed by atoms with Crippen molar-refractivity contribution in [1.29, 1.82) is 0 Å². The van der Waals surface area contributed by atoms with Crippen LogP contribution in [0.3, 0.4) is 0 Å². The molecule has 0 saturated carbocycles. The predicted molar refractivity (Wildman–Crippen MR) is 120 cm³/mol. The third-order valence-corrected chi connectivity index (χ3v) is 7.09. The molecular formula is C22H25N3OS2. The van der Waals surface area contributed by atoms with Crippen LogP contribution in [0.2, 0.25) is 0 Å². The van der Waals surface area contributed by atoms with Crippen molar-refractivity contribution in [3.05, 3.63) is 53.1 Å². The number of hydrogen-bond donors (Lipinski definition) is 0. The number of piperazine rings is 1. The lowest BCUT2D eigenvalue weighted by atomic mass is 10.1. The van der Waals surface area contributed by atoms with Gasteiger partial charge in [-0.3, -0.25) is 4.79 Å². The standard InChI is InChI=1S/C22H25N3OS2/c1-4-27-18-8-6-5-7-17(18)21(26)24-9-11-25(12-10-24)22-23-20-16(3)13-15(2)14-19(20)28-22/h5-8,13-14H,4,9-12H2,1-3H3. The zero-order chi connectivity index (χ0) is 19.7. The van der Waals surface area contributed by atoms with Gasteiger partial charge in [-0.05, 0) is 48.9 Å². The molecule has 0 bridgehead atoms. The summed E-state index contributed by atoms with van der Waals surface area (Å²) in [6, 6.07) is 12.4. The van der Waals surface area contributed by atoms with Gasteiger partial charge in [0.25, 0.3) is 5.91 Å². The Bertz CT molecular complexity index is 1010. The molecule has 1 aliphatic rings. The van der Waals surface area contributed by atoms with Gasteiger partial charge in [-0.25, -0.2) is 4.98 Å². The largest absolute Gasteiger partial charge is 0.345 e. The fourth-order valence-corrected chi connectivity index (χ4v) is 5.68. The van der Waals surface area contributed by atoms with Crippen LogP contribution in [0.25, 0.3) is 10.2 Å². The summed E-state index contributed by atoms with van der Waals surface area (Å²) in [5.74, 6) is 1.11. The number of carbonyl (C=O) groups is 1. The molecule has 2 heterocycles. The van der Waals surface area contributed by atoms with E-state index in [-0.39, 0.29) is 5.91 Å². The molecule has 4 rings (SSSR count). The quantitative estimate of drug-likeness (QED) is 0.567. The molecule has 0 N–H and O–H groups in total. The lowest BCUT2D eigenvalue weighted by Gasteiger charge is -2.34. The number of aromatic nitrogens is 1. The van der Waals surface area contributed by atoms with E-state index >= 15 is 0 Å². The van der Waals surface area contributed by atoms with Crippen molar-refractivity contribution in [3.63, 3.8) is 0 Å². The van der Waals surface area contributed by atoms with Gasteiger partial charge in [-0.2, -0.15) is 0 Å². The van der Waals surface area contributed by atoms with Crippen LogP contribution in [-0.4, -0.2) is 47.7 Å². The second-order valence-corrected chi connectivity index (χ2v) is 9.45. The van der Waals surface area contributed by atoms with Crippen LogP contribution >= 0.6 is 23.1 Å². The molecule has 1 aliphatic heterocycles. The molecule has 0 spiro atoms. The second-order valence-electron chi connectivity index (χ2n) is 7.13. The Morgan fingerprint density at radius 3 is 2.64 bits per heavy atom. The first-order valence-corrected chi connectivity index (χ1v) is 11.5. The van der Waals surface area contributed by atoms with Crippen LogP contribution in [-0.2, 0) is 0 Å². The maximum atomic E-state index is 13.0. The summed E-state index contributed by atoms with van der Waals surface area (Å²) < 4.78 is 1.25. The van der Waals surface area contributed by atoms with Gasteiger partial charge in [0.05, 0.1) is 15.8 Å². The van der Waals surface area contributed by atoms with Crippen molar-refractivity contribution in [2.45, 2.75) is 25.7 Å². The Morgan fingerprint density at radius 1 is 1.14 bits per heavy atom. The Morgan fingerprint density at radius 2 is 1.89 bits per heavy atom. The fourth-order valence-electron chi connectivity index (χ4n) is 3.69. The molecule has 146 valence electrons. The van der Waals surface area contributed by atoms with Crippen molar-refractivity contribution in [2.24, 2.45) is 0 Å². The minimum atomic E-state index is 0.145. The average Bonchev–Trinajstić information content (AvgIpc) is 3.13. The van der Waals surface area contributed by atoms with E-state index in [0.717, 1.165) is 53.0 Å². The highest BCUT2D eigenvalue weighted by molar-refractivity contribution is 7.99. The van der Waals surface area contributed by atoms with Crippen LogP contribution in [0, 0.1) is 13.8 Å². The van der Waals surface area contributed by atoms with Crippen LogP contribution in [0.4, 0.5) is 5.13 Å². The van der Waals surface area contributed by atoms with E-state index in [9.17, 15) is 4.79 Å². The number of fused-ring (bicyclic) bond motifs is 1. The number of benzene rings is 2. The second kappa shape index (κ2) is 8.13. The first kappa shape index (κ1) is 19.3. The molecule has 0 unspecified atom stereocenters.